The average molecular weight is 503 g/mol. The van der Waals surface area contributed by atoms with Gasteiger partial charge in [-0.1, -0.05) is 6.07 Å². The standard InChI is InChI=1S/C26H30O10/c27-21(14-1-4-16(5-2-14)34-17-7-9-32-12-17)19-11-15(3-6-20(19)35-18-8-10-33-13-18)25-23(29)22(28)24(30)26(31)36-25/h1-6,11,17-18,22-26,28-31H,7-10,12-13H2/t17-,18-,22+,23+,24-,25-,26-/m0/s1. The molecule has 0 radical (unpaired) electrons. The molecule has 2 aromatic carbocycles. The van der Waals surface area contributed by atoms with Gasteiger partial charge in [-0.15, -0.1) is 0 Å². The molecule has 36 heavy (non-hydrogen) atoms. The van der Waals surface area contributed by atoms with Crippen LogP contribution in [0.3, 0.4) is 0 Å². The Morgan fingerprint density at radius 2 is 1.47 bits per heavy atom. The van der Waals surface area contributed by atoms with E-state index in [4.69, 9.17) is 23.7 Å². The van der Waals surface area contributed by atoms with Crippen LogP contribution in [0, 0.1) is 0 Å². The zero-order valence-electron chi connectivity index (χ0n) is 19.6. The van der Waals surface area contributed by atoms with Crippen molar-refractivity contribution in [3.05, 3.63) is 59.2 Å². The van der Waals surface area contributed by atoms with Crippen LogP contribution in [0.15, 0.2) is 42.5 Å². The van der Waals surface area contributed by atoms with Gasteiger partial charge in [0.1, 0.15) is 48.1 Å². The van der Waals surface area contributed by atoms with Crippen molar-refractivity contribution in [2.24, 2.45) is 0 Å². The van der Waals surface area contributed by atoms with Gasteiger partial charge in [0.05, 0.1) is 32.0 Å². The highest BCUT2D eigenvalue weighted by Gasteiger charge is 2.44. The van der Waals surface area contributed by atoms with Gasteiger partial charge in [-0.25, -0.2) is 0 Å². The summed E-state index contributed by atoms with van der Waals surface area (Å²) >= 11 is 0. The van der Waals surface area contributed by atoms with E-state index < -0.39 is 30.7 Å². The second-order valence-corrected chi connectivity index (χ2v) is 9.24. The molecule has 0 aliphatic carbocycles. The van der Waals surface area contributed by atoms with E-state index in [1.54, 1.807) is 36.4 Å². The maximum atomic E-state index is 13.6. The fourth-order valence-electron chi connectivity index (χ4n) is 4.57. The Bertz CT molecular complexity index is 1050. The molecule has 0 unspecified atom stereocenters. The second-order valence-electron chi connectivity index (χ2n) is 9.24. The third-order valence-corrected chi connectivity index (χ3v) is 6.65. The summed E-state index contributed by atoms with van der Waals surface area (Å²) in [7, 11) is 0. The summed E-state index contributed by atoms with van der Waals surface area (Å²) in [5, 5.41) is 40.3. The molecule has 2 aromatic rings. The Labute approximate surface area is 207 Å². The van der Waals surface area contributed by atoms with E-state index in [0.717, 1.165) is 6.42 Å². The van der Waals surface area contributed by atoms with Crippen LogP contribution >= 0.6 is 0 Å². The summed E-state index contributed by atoms with van der Waals surface area (Å²) in [4.78, 5) is 13.6. The second kappa shape index (κ2) is 10.8. The van der Waals surface area contributed by atoms with Crippen molar-refractivity contribution in [3.63, 3.8) is 0 Å². The van der Waals surface area contributed by atoms with Gasteiger partial charge in [0.25, 0.3) is 0 Å². The van der Waals surface area contributed by atoms with E-state index in [0.29, 0.717) is 55.5 Å². The zero-order chi connectivity index (χ0) is 25.2. The first kappa shape index (κ1) is 25.1. The van der Waals surface area contributed by atoms with E-state index in [-0.39, 0.29) is 23.6 Å². The summed E-state index contributed by atoms with van der Waals surface area (Å²) in [5.74, 6) is 0.651. The first-order valence-corrected chi connectivity index (χ1v) is 12.1. The van der Waals surface area contributed by atoms with Gasteiger partial charge in [0.15, 0.2) is 12.1 Å². The molecule has 0 spiro atoms. The molecule has 0 saturated carbocycles. The van der Waals surface area contributed by atoms with Crippen molar-refractivity contribution in [3.8, 4) is 11.5 Å². The summed E-state index contributed by atoms with van der Waals surface area (Å²) in [6.07, 6.45) is -6.37. The zero-order valence-corrected chi connectivity index (χ0v) is 19.6. The van der Waals surface area contributed by atoms with Crippen molar-refractivity contribution in [1.29, 1.82) is 0 Å². The molecule has 7 atom stereocenters. The van der Waals surface area contributed by atoms with Crippen molar-refractivity contribution in [1.82, 2.24) is 0 Å². The Morgan fingerprint density at radius 1 is 0.806 bits per heavy atom. The number of hydrogen-bond donors (Lipinski definition) is 4. The van der Waals surface area contributed by atoms with Crippen LogP contribution in [0.5, 0.6) is 11.5 Å². The summed E-state index contributed by atoms with van der Waals surface area (Å²) in [6.45, 7) is 2.18. The lowest BCUT2D eigenvalue weighted by Crippen LogP contribution is -2.54. The summed E-state index contributed by atoms with van der Waals surface area (Å²) in [6, 6.07) is 11.5. The van der Waals surface area contributed by atoms with Crippen LogP contribution < -0.4 is 9.47 Å². The smallest absolute Gasteiger partial charge is 0.196 e. The van der Waals surface area contributed by atoms with Gasteiger partial charge >= 0.3 is 0 Å². The molecule has 3 aliphatic heterocycles. The minimum atomic E-state index is -1.70. The average Bonchev–Trinajstić information content (AvgIpc) is 3.60. The molecule has 5 rings (SSSR count). The lowest BCUT2D eigenvalue weighted by molar-refractivity contribution is -0.284. The Balaban J connectivity index is 1.42. The number of carbonyl (C=O) groups is 1. The number of ketones is 1. The Kier molecular flexibility index (Phi) is 7.54. The van der Waals surface area contributed by atoms with Crippen LogP contribution in [0.1, 0.15) is 40.4 Å². The molecule has 0 bridgehead atoms. The number of aliphatic hydroxyl groups is 4. The van der Waals surface area contributed by atoms with Crippen LogP contribution in [-0.2, 0) is 14.2 Å². The molecule has 3 aliphatic rings. The van der Waals surface area contributed by atoms with Gasteiger partial charge in [-0.3, -0.25) is 4.79 Å². The first-order valence-electron chi connectivity index (χ1n) is 12.1. The predicted octanol–water partition coefficient (Wildman–Crippen LogP) is 0.725. The van der Waals surface area contributed by atoms with Crippen molar-refractivity contribution >= 4 is 5.78 Å². The number of aliphatic hydroxyl groups excluding tert-OH is 4. The normalized spacial score (nSPS) is 32.4. The summed E-state index contributed by atoms with van der Waals surface area (Å²) < 4.78 is 28.0. The molecule has 0 aromatic heterocycles. The number of ether oxygens (including phenoxy) is 5. The molecule has 3 fully saturated rings. The van der Waals surface area contributed by atoms with Gasteiger partial charge in [-0.05, 0) is 42.0 Å². The highest BCUT2D eigenvalue weighted by atomic mass is 16.6. The van der Waals surface area contributed by atoms with Crippen molar-refractivity contribution in [2.45, 2.75) is 55.8 Å². The van der Waals surface area contributed by atoms with E-state index in [2.05, 4.69) is 0 Å². The van der Waals surface area contributed by atoms with E-state index in [1.165, 1.54) is 6.07 Å². The molecule has 10 heteroatoms. The third kappa shape index (κ3) is 5.25. The van der Waals surface area contributed by atoms with Gasteiger partial charge in [0.2, 0.25) is 0 Å². The number of hydrogen-bond acceptors (Lipinski definition) is 10. The monoisotopic (exact) mass is 502 g/mol. The van der Waals surface area contributed by atoms with E-state index in [9.17, 15) is 25.2 Å². The lowest BCUT2D eigenvalue weighted by atomic mass is 9.91. The molecular formula is C26H30O10. The van der Waals surface area contributed by atoms with E-state index >= 15 is 0 Å². The molecule has 10 nitrogen and oxygen atoms in total. The van der Waals surface area contributed by atoms with Crippen LogP contribution in [0.25, 0.3) is 0 Å². The quantitative estimate of drug-likeness (QED) is 0.400. The maximum absolute atomic E-state index is 13.6. The van der Waals surface area contributed by atoms with Gasteiger partial charge in [-0.2, -0.15) is 0 Å². The highest BCUT2D eigenvalue weighted by Crippen LogP contribution is 2.35. The number of benzene rings is 2. The molecule has 194 valence electrons. The minimum absolute atomic E-state index is 0.0111. The van der Waals surface area contributed by atoms with Crippen molar-refractivity contribution in [2.75, 3.05) is 26.4 Å². The number of carbonyl (C=O) groups excluding carboxylic acids is 1. The Morgan fingerprint density at radius 3 is 2.11 bits per heavy atom. The third-order valence-electron chi connectivity index (χ3n) is 6.65. The van der Waals surface area contributed by atoms with Crippen molar-refractivity contribution < 1.29 is 48.9 Å². The fraction of sp³-hybridized carbons (Fsp3) is 0.500. The maximum Gasteiger partial charge on any atom is 0.196 e. The molecular weight excluding hydrogens is 472 g/mol. The van der Waals surface area contributed by atoms with Crippen LogP contribution in [-0.4, -0.2) is 89.4 Å². The minimum Gasteiger partial charge on any atom is -0.488 e. The summed E-state index contributed by atoms with van der Waals surface area (Å²) in [5.41, 5.74) is 0.963. The lowest BCUT2D eigenvalue weighted by Gasteiger charge is -2.38. The predicted molar refractivity (Wildman–Crippen MR) is 124 cm³/mol. The SMILES string of the molecule is O=C(c1ccc(O[C@H]2CCOC2)cc1)c1cc([C@@H]2O[C@H](O)[C@@H](O)[C@H](O)[C@H]2O)ccc1O[C@H]1CCOC1. The molecule has 3 heterocycles. The fourth-order valence-corrected chi connectivity index (χ4v) is 4.57. The van der Waals surface area contributed by atoms with Gasteiger partial charge < -0.3 is 44.1 Å². The van der Waals surface area contributed by atoms with Gasteiger partial charge in [0, 0.05) is 18.4 Å². The highest BCUT2D eigenvalue weighted by molar-refractivity contribution is 6.10. The van der Waals surface area contributed by atoms with E-state index in [1.807, 2.05) is 0 Å². The first-order chi connectivity index (χ1) is 17.4. The number of rotatable bonds is 7. The topological polar surface area (TPSA) is 144 Å². The molecule has 3 saturated heterocycles. The molecule has 4 N–H and O–H groups in total. The van der Waals surface area contributed by atoms with Crippen LogP contribution in [0.4, 0.5) is 0 Å². The molecule has 0 amide bonds. The van der Waals surface area contributed by atoms with Crippen LogP contribution in [0.2, 0.25) is 0 Å². The Hall–Kier alpha value is -2.57. The largest absolute Gasteiger partial charge is 0.488 e.